The third-order valence-corrected chi connectivity index (χ3v) is 7.48. The largest absolute Gasteiger partial charge is 0.457 e. The Balaban J connectivity index is 1.07. The number of rotatable bonds is 6. The molecule has 4 aromatic carbocycles. The van der Waals surface area contributed by atoms with Crippen molar-refractivity contribution in [1.29, 1.82) is 0 Å². The second-order valence-corrected chi connectivity index (χ2v) is 10.4. The normalized spacial score (nSPS) is 11.0. The number of hydrogen-bond acceptors (Lipinski definition) is 7. The molecule has 0 radical (unpaired) electrons. The first-order valence-electron chi connectivity index (χ1n) is 11.5. The van der Waals surface area contributed by atoms with Gasteiger partial charge in [0.1, 0.15) is 23.1 Å². The molecular weight excluding hydrogens is 542 g/mol. The van der Waals surface area contributed by atoms with Crippen LogP contribution in [0.25, 0.3) is 20.4 Å². The molecule has 192 valence electrons. The van der Waals surface area contributed by atoms with Crippen molar-refractivity contribution in [3.8, 4) is 11.5 Å². The summed E-state index contributed by atoms with van der Waals surface area (Å²) in [6.45, 7) is 0. The fourth-order valence-electron chi connectivity index (χ4n) is 3.73. The molecule has 2 heterocycles. The van der Waals surface area contributed by atoms with Crippen molar-refractivity contribution >= 4 is 65.2 Å². The molecule has 0 spiro atoms. The third kappa shape index (κ3) is 5.44. The van der Waals surface area contributed by atoms with Gasteiger partial charge < -0.3 is 4.74 Å². The number of benzene rings is 4. The summed E-state index contributed by atoms with van der Waals surface area (Å²) >= 11 is 2.38. The monoisotopic (exact) mass is 558 g/mol. The molecular formula is C28H16F2N4O3S2. The van der Waals surface area contributed by atoms with Crippen molar-refractivity contribution in [1.82, 2.24) is 9.97 Å². The quantitative estimate of drug-likeness (QED) is 0.221. The zero-order valence-electron chi connectivity index (χ0n) is 19.8. The molecule has 0 aliphatic rings. The van der Waals surface area contributed by atoms with Crippen molar-refractivity contribution in [3.63, 3.8) is 0 Å². The molecule has 39 heavy (non-hydrogen) atoms. The number of thiazole rings is 2. The number of fused-ring (bicyclic) bond motifs is 2. The third-order valence-electron chi connectivity index (χ3n) is 5.61. The minimum Gasteiger partial charge on any atom is -0.457 e. The highest BCUT2D eigenvalue weighted by Crippen LogP contribution is 2.29. The molecule has 0 unspecified atom stereocenters. The maximum Gasteiger partial charge on any atom is 0.257 e. The minimum atomic E-state index is -0.360. The second kappa shape index (κ2) is 10.2. The van der Waals surface area contributed by atoms with Gasteiger partial charge in [0.2, 0.25) is 0 Å². The van der Waals surface area contributed by atoms with E-state index in [9.17, 15) is 18.4 Å². The standard InChI is InChI=1S/C28H16F2N4O3S2/c29-17-5-11-21-23(13-17)38-27(31-21)33-25(35)15-1-7-19(8-2-15)37-20-9-3-16(4-10-20)26(36)34-28-32-22-12-6-18(30)14-24(22)39-28/h1-14H,(H,31,33,35)(H,32,34,36). The number of nitrogens with one attached hydrogen (secondary N) is 2. The van der Waals surface area contributed by atoms with Gasteiger partial charge in [0, 0.05) is 11.1 Å². The SMILES string of the molecule is O=C(Nc1nc2ccc(F)cc2s1)c1ccc(Oc2ccc(C(=O)Nc3nc4ccc(F)cc4s3)cc2)cc1. The van der Waals surface area contributed by atoms with Gasteiger partial charge in [-0.3, -0.25) is 20.2 Å². The molecule has 2 aromatic heterocycles. The number of nitrogens with zero attached hydrogens (tertiary/aromatic N) is 2. The predicted molar refractivity (Wildman–Crippen MR) is 148 cm³/mol. The summed E-state index contributed by atoms with van der Waals surface area (Å²) in [4.78, 5) is 33.8. The average Bonchev–Trinajstić information content (AvgIpc) is 3.51. The fraction of sp³-hybridized carbons (Fsp3) is 0. The number of aromatic nitrogens is 2. The van der Waals surface area contributed by atoms with Crippen LogP contribution in [0.15, 0.2) is 84.9 Å². The predicted octanol–water partition coefficient (Wildman–Crippen LogP) is 7.48. The van der Waals surface area contributed by atoms with Crippen LogP contribution in [0.2, 0.25) is 0 Å². The van der Waals surface area contributed by atoms with Crippen LogP contribution in [-0.2, 0) is 0 Å². The van der Waals surface area contributed by atoms with E-state index in [2.05, 4.69) is 20.6 Å². The molecule has 6 aromatic rings. The Morgan fingerprint density at radius 1 is 0.615 bits per heavy atom. The van der Waals surface area contributed by atoms with Crippen LogP contribution < -0.4 is 15.4 Å². The molecule has 11 heteroatoms. The van der Waals surface area contributed by atoms with Crippen molar-refractivity contribution in [3.05, 3.63) is 108 Å². The van der Waals surface area contributed by atoms with Crippen LogP contribution in [0.3, 0.4) is 0 Å². The van der Waals surface area contributed by atoms with Crippen molar-refractivity contribution in [2.75, 3.05) is 10.6 Å². The van der Waals surface area contributed by atoms with E-state index < -0.39 is 0 Å². The number of hydrogen-bond donors (Lipinski definition) is 2. The summed E-state index contributed by atoms with van der Waals surface area (Å²) in [6, 6.07) is 21.6. The first-order valence-corrected chi connectivity index (χ1v) is 13.2. The van der Waals surface area contributed by atoms with E-state index in [1.54, 1.807) is 60.7 Å². The second-order valence-electron chi connectivity index (χ2n) is 8.32. The molecule has 0 saturated carbocycles. The zero-order valence-corrected chi connectivity index (χ0v) is 21.4. The van der Waals surface area contributed by atoms with E-state index in [4.69, 9.17) is 4.74 Å². The Bertz CT molecular complexity index is 1720. The maximum atomic E-state index is 13.4. The summed E-state index contributed by atoms with van der Waals surface area (Å²) in [5.74, 6) is -0.423. The molecule has 0 aliphatic heterocycles. The van der Waals surface area contributed by atoms with Gasteiger partial charge in [-0.05, 0) is 84.9 Å². The Morgan fingerprint density at radius 3 is 1.44 bits per heavy atom. The number of halogens is 2. The highest BCUT2D eigenvalue weighted by molar-refractivity contribution is 7.22. The van der Waals surface area contributed by atoms with Gasteiger partial charge >= 0.3 is 0 Å². The average molecular weight is 559 g/mol. The molecule has 0 aliphatic carbocycles. The van der Waals surface area contributed by atoms with E-state index >= 15 is 0 Å². The fourth-order valence-corrected chi connectivity index (χ4v) is 5.50. The summed E-state index contributed by atoms with van der Waals surface area (Å²) < 4.78 is 33.9. The number of amides is 2. The summed E-state index contributed by atoms with van der Waals surface area (Å²) in [6.07, 6.45) is 0. The topological polar surface area (TPSA) is 93.2 Å². The maximum absolute atomic E-state index is 13.4. The van der Waals surface area contributed by atoms with Crippen LogP contribution in [0.5, 0.6) is 11.5 Å². The summed E-state index contributed by atoms with van der Waals surface area (Å²) in [5.41, 5.74) is 2.02. The number of carbonyl (C=O) groups is 2. The lowest BCUT2D eigenvalue weighted by Gasteiger charge is -2.08. The summed E-state index contributed by atoms with van der Waals surface area (Å²) in [7, 11) is 0. The van der Waals surface area contributed by atoms with E-state index in [-0.39, 0.29) is 23.4 Å². The van der Waals surface area contributed by atoms with Gasteiger partial charge in [-0.1, -0.05) is 22.7 Å². The van der Waals surface area contributed by atoms with Gasteiger partial charge in [-0.2, -0.15) is 0 Å². The van der Waals surface area contributed by atoms with E-state index in [0.29, 0.717) is 53.3 Å². The van der Waals surface area contributed by atoms with Crippen LogP contribution in [0.4, 0.5) is 19.0 Å². The van der Waals surface area contributed by atoms with E-state index in [1.165, 1.54) is 46.9 Å². The van der Waals surface area contributed by atoms with Crippen LogP contribution in [0.1, 0.15) is 20.7 Å². The molecule has 2 N–H and O–H groups in total. The Hall–Kier alpha value is -4.74. The van der Waals surface area contributed by atoms with E-state index in [1.807, 2.05) is 0 Å². The zero-order chi connectivity index (χ0) is 26.9. The Labute approximate surface area is 227 Å². The molecule has 6 rings (SSSR count). The van der Waals surface area contributed by atoms with Gasteiger partial charge in [-0.15, -0.1) is 0 Å². The van der Waals surface area contributed by atoms with Crippen LogP contribution in [0, 0.1) is 11.6 Å². The highest BCUT2D eigenvalue weighted by atomic mass is 32.1. The van der Waals surface area contributed by atoms with Gasteiger partial charge in [0.25, 0.3) is 11.8 Å². The lowest BCUT2D eigenvalue weighted by Crippen LogP contribution is -2.11. The smallest absolute Gasteiger partial charge is 0.257 e. The van der Waals surface area contributed by atoms with Crippen LogP contribution in [-0.4, -0.2) is 21.8 Å². The molecule has 7 nitrogen and oxygen atoms in total. The van der Waals surface area contributed by atoms with Gasteiger partial charge in [-0.25, -0.2) is 18.7 Å². The van der Waals surface area contributed by atoms with Crippen molar-refractivity contribution in [2.45, 2.75) is 0 Å². The number of ether oxygens (including phenoxy) is 1. The molecule has 0 bridgehead atoms. The van der Waals surface area contributed by atoms with Crippen LogP contribution >= 0.6 is 22.7 Å². The van der Waals surface area contributed by atoms with Crippen molar-refractivity contribution < 1.29 is 23.1 Å². The van der Waals surface area contributed by atoms with Gasteiger partial charge in [0.15, 0.2) is 10.3 Å². The molecule has 0 saturated heterocycles. The van der Waals surface area contributed by atoms with E-state index in [0.717, 1.165) is 0 Å². The number of anilines is 2. The lowest BCUT2D eigenvalue weighted by atomic mass is 10.2. The highest BCUT2D eigenvalue weighted by Gasteiger charge is 2.13. The number of carbonyl (C=O) groups excluding carboxylic acids is 2. The van der Waals surface area contributed by atoms with Gasteiger partial charge in [0.05, 0.1) is 20.4 Å². The minimum absolute atomic E-state index is 0.352. The van der Waals surface area contributed by atoms with Crippen molar-refractivity contribution in [2.24, 2.45) is 0 Å². The first-order chi connectivity index (χ1) is 18.9. The lowest BCUT2D eigenvalue weighted by molar-refractivity contribution is 0.101. The molecule has 2 amide bonds. The summed E-state index contributed by atoms with van der Waals surface area (Å²) in [5, 5.41) is 6.21. The Morgan fingerprint density at radius 2 is 1.03 bits per heavy atom. The first kappa shape index (κ1) is 24.6. The molecule has 0 fully saturated rings. The molecule has 0 atom stereocenters. The Kier molecular flexibility index (Phi) is 6.43.